The Morgan fingerprint density at radius 1 is 1.44 bits per heavy atom. The highest BCUT2D eigenvalue weighted by Gasteiger charge is 2.41. The molecule has 2 saturated heterocycles. The van der Waals surface area contributed by atoms with Crippen molar-refractivity contribution in [1.82, 2.24) is 10.2 Å². The van der Waals surface area contributed by atoms with Gasteiger partial charge in [-0.15, -0.1) is 0 Å². The van der Waals surface area contributed by atoms with E-state index in [4.69, 9.17) is 11.6 Å². The van der Waals surface area contributed by atoms with Crippen LogP contribution in [0.3, 0.4) is 0 Å². The van der Waals surface area contributed by atoms with Crippen LogP contribution >= 0.6 is 11.6 Å². The van der Waals surface area contributed by atoms with Gasteiger partial charge in [0.2, 0.25) is 5.91 Å². The predicted molar refractivity (Wildman–Crippen MR) is 71.4 cm³/mol. The van der Waals surface area contributed by atoms with Gasteiger partial charge in [-0.05, 0) is 37.1 Å². The molecule has 0 spiro atoms. The Kier molecular flexibility index (Phi) is 3.27. The van der Waals surface area contributed by atoms with E-state index >= 15 is 0 Å². The summed E-state index contributed by atoms with van der Waals surface area (Å²) in [6, 6.07) is 8.10. The van der Waals surface area contributed by atoms with E-state index in [0.717, 1.165) is 36.5 Å². The fourth-order valence-corrected chi connectivity index (χ4v) is 3.21. The molecule has 0 saturated carbocycles. The van der Waals surface area contributed by atoms with E-state index in [2.05, 4.69) is 5.32 Å². The van der Waals surface area contributed by atoms with E-state index in [1.807, 2.05) is 29.2 Å². The summed E-state index contributed by atoms with van der Waals surface area (Å²) in [5, 5.41) is 4.18. The number of likely N-dealkylation sites (tertiary alicyclic amines) is 1. The summed E-state index contributed by atoms with van der Waals surface area (Å²) in [5.74, 6) is 0.491. The van der Waals surface area contributed by atoms with E-state index in [0.29, 0.717) is 18.5 Å². The molecule has 96 valence electrons. The van der Waals surface area contributed by atoms with E-state index < -0.39 is 0 Å². The Hall–Kier alpha value is -1.06. The van der Waals surface area contributed by atoms with Crippen LogP contribution in [-0.4, -0.2) is 29.9 Å². The molecule has 2 aliphatic heterocycles. The third-order valence-corrected chi connectivity index (χ3v) is 4.13. The first-order valence-corrected chi connectivity index (χ1v) is 6.88. The minimum Gasteiger partial charge on any atom is -0.336 e. The SMILES string of the molecule is O=C1C2CCCNC2CN1Cc1cccc(Cl)c1. The van der Waals surface area contributed by atoms with E-state index in [9.17, 15) is 4.79 Å². The monoisotopic (exact) mass is 264 g/mol. The van der Waals surface area contributed by atoms with Gasteiger partial charge in [0.25, 0.3) is 0 Å². The zero-order valence-electron chi connectivity index (χ0n) is 10.2. The zero-order chi connectivity index (χ0) is 12.5. The maximum atomic E-state index is 12.3. The Balaban J connectivity index is 1.72. The fraction of sp³-hybridized carbons (Fsp3) is 0.500. The lowest BCUT2D eigenvalue weighted by Crippen LogP contribution is -2.41. The Morgan fingerprint density at radius 3 is 3.11 bits per heavy atom. The molecule has 0 aromatic heterocycles. The molecule has 0 aliphatic carbocycles. The van der Waals surface area contributed by atoms with Crippen molar-refractivity contribution >= 4 is 17.5 Å². The third-order valence-electron chi connectivity index (χ3n) is 3.89. The maximum Gasteiger partial charge on any atom is 0.227 e. The molecule has 2 atom stereocenters. The van der Waals surface area contributed by atoms with Crippen molar-refractivity contribution in [1.29, 1.82) is 0 Å². The van der Waals surface area contributed by atoms with Crippen molar-refractivity contribution in [3.8, 4) is 0 Å². The average Bonchev–Trinajstić information content (AvgIpc) is 2.67. The van der Waals surface area contributed by atoms with Crippen LogP contribution in [0.15, 0.2) is 24.3 Å². The summed E-state index contributed by atoms with van der Waals surface area (Å²) in [5.41, 5.74) is 1.11. The first-order chi connectivity index (χ1) is 8.74. The lowest BCUT2D eigenvalue weighted by Gasteiger charge is -2.23. The summed E-state index contributed by atoms with van der Waals surface area (Å²) < 4.78 is 0. The number of rotatable bonds is 2. The zero-order valence-corrected chi connectivity index (χ0v) is 11.0. The number of nitrogens with one attached hydrogen (secondary N) is 1. The van der Waals surface area contributed by atoms with Gasteiger partial charge in [0.05, 0.1) is 5.92 Å². The Morgan fingerprint density at radius 2 is 2.33 bits per heavy atom. The second kappa shape index (κ2) is 4.90. The number of fused-ring (bicyclic) bond motifs is 1. The molecule has 1 aromatic rings. The molecule has 1 aromatic carbocycles. The van der Waals surface area contributed by atoms with Crippen LogP contribution < -0.4 is 5.32 Å². The number of piperidine rings is 1. The normalized spacial score (nSPS) is 27.4. The number of hydrogen-bond acceptors (Lipinski definition) is 2. The molecular formula is C14H17ClN2O. The molecule has 2 aliphatic rings. The van der Waals surface area contributed by atoms with Crippen LogP contribution in [0.1, 0.15) is 18.4 Å². The summed E-state index contributed by atoms with van der Waals surface area (Å²) in [6.07, 6.45) is 2.14. The number of carbonyl (C=O) groups excluding carboxylic acids is 1. The van der Waals surface area contributed by atoms with Gasteiger partial charge in [-0.1, -0.05) is 23.7 Å². The van der Waals surface area contributed by atoms with Crippen molar-refractivity contribution < 1.29 is 4.79 Å². The molecule has 2 heterocycles. The van der Waals surface area contributed by atoms with Gasteiger partial charge in [0.15, 0.2) is 0 Å². The van der Waals surface area contributed by atoms with Crippen LogP contribution in [0.2, 0.25) is 5.02 Å². The topological polar surface area (TPSA) is 32.3 Å². The highest BCUT2D eigenvalue weighted by atomic mass is 35.5. The second-order valence-corrected chi connectivity index (χ2v) is 5.59. The van der Waals surface area contributed by atoms with Crippen LogP contribution in [0.25, 0.3) is 0 Å². The number of amides is 1. The number of hydrogen-bond donors (Lipinski definition) is 1. The van der Waals surface area contributed by atoms with Crippen LogP contribution in [0.5, 0.6) is 0 Å². The lowest BCUT2D eigenvalue weighted by atomic mass is 9.94. The average molecular weight is 265 g/mol. The quantitative estimate of drug-likeness (QED) is 0.887. The van der Waals surface area contributed by atoms with Gasteiger partial charge in [-0.3, -0.25) is 4.79 Å². The van der Waals surface area contributed by atoms with Gasteiger partial charge < -0.3 is 10.2 Å². The molecule has 1 amide bonds. The summed E-state index contributed by atoms with van der Waals surface area (Å²) in [6.45, 7) is 2.55. The van der Waals surface area contributed by atoms with Gasteiger partial charge in [-0.25, -0.2) is 0 Å². The fourth-order valence-electron chi connectivity index (χ4n) is 3.00. The minimum atomic E-state index is 0.193. The van der Waals surface area contributed by atoms with Crippen LogP contribution in [0.4, 0.5) is 0 Å². The van der Waals surface area contributed by atoms with Crippen LogP contribution in [-0.2, 0) is 11.3 Å². The minimum absolute atomic E-state index is 0.193. The molecule has 2 unspecified atom stereocenters. The smallest absolute Gasteiger partial charge is 0.227 e. The van der Waals surface area contributed by atoms with Gasteiger partial charge >= 0.3 is 0 Å². The van der Waals surface area contributed by atoms with Gasteiger partial charge in [0.1, 0.15) is 0 Å². The lowest BCUT2D eigenvalue weighted by molar-refractivity contribution is -0.131. The molecule has 4 heteroatoms. The maximum absolute atomic E-state index is 12.3. The largest absolute Gasteiger partial charge is 0.336 e. The van der Waals surface area contributed by atoms with Gasteiger partial charge in [-0.2, -0.15) is 0 Å². The molecule has 3 rings (SSSR count). The van der Waals surface area contributed by atoms with Crippen molar-refractivity contribution in [2.24, 2.45) is 5.92 Å². The number of nitrogens with zero attached hydrogens (tertiary/aromatic N) is 1. The molecule has 1 N–H and O–H groups in total. The van der Waals surface area contributed by atoms with E-state index in [1.165, 1.54) is 0 Å². The molecule has 0 bridgehead atoms. The molecular weight excluding hydrogens is 248 g/mol. The highest BCUT2D eigenvalue weighted by Crippen LogP contribution is 2.27. The number of carbonyl (C=O) groups is 1. The summed E-state index contributed by atoms with van der Waals surface area (Å²) in [4.78, 5) is 14.2. The van der Waals surface area contributed by atoms with E-state index in [1.54, 1.807) is 0 Å². The number of halogens is 1. The first kappa shape index (κ1) is 12.0. The third kappa shape index (κ3) is 2.25. The van der Waals surface area contributed by atoms with Gasteiger partial charge in [0, 0.05) is 24.2 Å². The Bertz CT molecular complexity index is 463. The standard InChI is InChI=1S/C14H17ClN2O/c15-11-4-1-3-10(7-11)8-17-9-13-12(14(17)18)5-2-6-16-13/h1,3-4,7,12-13,16H,2,5-6,8-9H2. The van der Waals surface area contributed by atoms with E-state index in [-0.39, 0.29) is 5.92 Å². The first-order valence-electron chi connectivity index (χ1n) is 6.50. The van der Waals surface area contributed by atoms with Crippen molar-refractivity contribution in [2.75, 3.05) is 13.1 Å². The summed E-state index contributed by atoms with van der Waals surface area (Å²) >= 11 is 5.97. The molecule has 18 heavy (non-hydrogen) atoms. The summed E-state index contributed by atoms with van der Waals surface area (Å²) in [7, 11) is 0. The predicted octanol–water partition coefficient (Wildman–Crippen LogP) is 2.05. The Labute approximate surface area is 112 Å². The second-order valence-electron chi connectivity index (χ2n) is 5.16. The number of benzene rings is 1. The van der Waals surface area contributed by atoms with Crippen molar-refractivity contribution in [3.63, 3.8) is 0 Å². The molecule has 3 nitrogen and oxygen atoms in total. The van der Waals surface area contributed by atoms with Crippen LogP contribution in [0, 0.1) is 5.92 Å². The molecule has 0 radical (unpaired) electrons. The van der Waals surface area contributed by atoms with Crippen molar-refractivity contribution in [2.45, 2.75) is 25.4 Å². The molecule has 2 fully saturated rings. The highest BCUT2D eigenvalue weighted by molar-refractivity contribution is 6.30. The van der Waals surface area contributed by atoms with Crippen molar-refractivity contribution in [3.05, 3.63) is 34.9 Å².